The molecule has 0 aromatic heterocycles. The van der Waals surface area contributed by atoms with Gasteiger partial charge in [0.2, 0.25) is 0 Å². The summed E-state index contributed by atoms with van der Waals surface area (Å²) in [5.74, 6) is 0.541. The molecule has 0 saturated heterocycles. The average Bonchev–Trinajstić information content (AvgIpc) is 2.41. The van der Waals surface area contributed by atoms with E-state index in [2.05, 4.69) is 4.90 Å². The van der Waals surface area contributed by atoms with E-state index in [-0.39, 0.29) is 5.82 Å². The lowest BCUT2D eigenvalue weighted by molar-refractivity contribution is 0.319. The van der Waals surface area contributed by atoms with Crippen LogP contribution in [0, 0.1) is 5.82 Å². The van der Waals surface area contributed by atoms with Gasteiger partial charge in [-0.15, -0.1) is 0 Å². The summed E-state index contributed by atoms with van der Waals surface area (Å²) in [4.78, 5) is 2.09. The Morgan fingerprint density at radius 2 is 1.95 bits per heavy atom. The number of benzene rings is 2. The highest BCUT2D eigenvalue weighted by atomic mass is 19.1. The molecule has 0 atom stereocenters. The van der Waals surface area contributed by atoms with E-state index in [1.807, 2.05) is 31.3 Å². The van der Waals surface area contributed by atoms with Crippen molar-refractivity contribution in [1.29, 1.82) is 0 Å². The molecule has 2 aromatic carbocycles. The van der Waals surface area contributed by atoms with Crippen LogP contribution in [0.4, 0.5) is 10.1 Å². The number of ether oxygens (including phenoxy) is 1. The van der Waals surface area contributed by atoms with Crippen molar-refractivity contribution < 1.29 is 9.13 Å². The van der Waals surface area contributed by atoms with Gasteiger partial charge in [-0.3, -0.25) is 4.90 Å². The lowest BCUT2D eigenvalue weighted by Gasteiger charge is -2.18. The minimum atomic E-state index is -0.208. The summed E-state index contributed by atoms with van der Waals surface area (Å²) in [7, 11) is 3.60. The lowest BCUT2D eigenvalue weighted by Crippen LogP contribution is -2.18. The second kappa shape index (κ2) is 6.39. The van der Waals surface area contributed by atoms with Crippen LogP contribution in [0.15, 0.2) is 42.5 Å². The molecule has 0 aliphatic heterocycles. The monoisotopic (exact) mass is 274 g/mol. The third-order valence-corrected chi connectivity index (χ3v) is 3.13. The van der Waals surface area contributed by atoms with E-state index < -0.39 is 0 Å². The van der Waals surface area contributed by atoms with Crippen LogP contribution in [0.1, 0.15) is 11.1 Å². The molecular formula is C16H19FN2O. The van der Waals surface area contributed by atoms with Crippen LogP contribution in [-0.2, 0) is 13.1 Å². The number of halogens is 1. The molecule has 0 saturated carbocycles. The van der Waals surface area contributed by atoms with Crippen molar-refractivity contribution in [2.45, 2.75) is 13.1 Å². The Kier molecular flexibility index (Phi) is 4.58. The topological polar surface area (TPSA) is 38.5 Å². The summed E-state index contributed by atoms with van der Waals surface area (Å²) in [6.45, 7) is 1.37. The van der Waals surface area contributed by atoms with Crippen molar-refractivity contribution in [3.63, 3.8) is 0 Å². The Balaban J connectivity index is 2.02. The zero-order valence-electron chi connectivity index (χ0n) is 11.8. The van der Waals surface area contributed by atoms with Crippen LogP contribution in [-0.4, -0.2) is 19.1 Å². The number of hydrogen-bond donors (Lipinski definition) is 1. The fraction of sp³-hybridized carbons (Fsp3) is 0.250. The molecule has 2 rings (SSSR count). The zero-order chi connectivity index (χ0) is 14.5. The van der Waals surface area contributed by atoms with Gasteiger partial charge >= 0.3 is 0 Å². The Hall–Kier alpha value is -2.07. The molecule has 2 aromatic rings. The van der Waals surface area contributed by atoms with E-state index in [0.29, 0.717) is 18.8 Å². The maximum Gasteiger partial charge on any atom is 0.123 e. The van der Waals surface area contributed by atoms with Gasteiger partial charge in [0.05, 0.1) is 7.11 Å². The molecule has 0 amide bonds. The summed E-state index contributed by atoms with van der Waals surface area (Å²) in [6.07, 6.45) is 0. The molecule has 0 fully saturated rings. The molecule has 0 aliphatic carbocycles. The number of anilines is 1. The van der Waals surface area contributed by atoms with E-state index in [9.17, 15) is 4.39 Å². The molecule has 3 nitrogen and oxygen atoms in total. The van der Waals surface area contributed by atoms with E-state index in [0.717, 1.165) is 16.9 Å². The standard InChI is InChI=1S/C16H19FN2O/c1-19(10-12-4-3-5-14(17)8-12)11-13-6-7-15(20-2)9-16(13)18/h3-9H,10-11,18H2,1-2H3. The number of rotatable bonds is 5. The minimum absolute atomic E-state index is 0.208. The molecular weight excluding hydrogens is 255 g/mol. The molecule has 0 radical (unpaired) electrons. The van der Waals surface area contributed by atoms with Gasteiger partial charge in [-0.25, -0.2) is 4.39 Å². The molecule has 0 bridgehead atoms. The van der Waals surface area contributed by atoms with Gasteiger partial charge in [0.15, 0.2) is 0 Å². The van der Waals surface area contributed by atoms with Gasteiger partial charge in [0.1, 0.15) is 11.6 Å². The third kappa shape index (κ3) is 3.71. The minimum Gasteiger partial charge on any atom is -0.497 e. The van der Waals surface area contributed by atoms with Crippen LogP contribution in [0.5, 0.6) is 5.75 Å². The number of nitrogens with zero attached hydrogens (tertiary/aromatic N) is 1. The quantitative estimate of drug-likeness (QED) is 0.852. The number of nitrogens with two attached hydrogens (primary N) is 1. The van der Waals surface area contributed by atoms with Crippen LogP contribution in [0.2, 0.25) is 0 Å². The number of nitrogen functional groups attached to an aromatic ring is 1. The second-order valence-corrected chi connectivity index (χ2v) is 4.87. The van der Waals surface area contributed by atoms with Crippen LogP contribution >= 0.6 is 0 Å². The third-order valence-electron chi connectivity index (χ3n) is 3.13. The Labute approximate surface area is 118 Å². The lowest BCUT2D eigenvalue weighted by atomic mass is 10.1. The summed E-state index contributed by atoms with van der Waals surface area (Å²) >= 11 is 0. The molecule has 4 heteroatoms. The van der Waals surface area contributed by atoms with Gasteiger partial charge in [-0.1, -0.05) is 18.2 Å². The van der Waals surface area contributed by atoms with Gasteiger partial charge < -0.3 is 10.5 Å². The molecule has 106 valence electrons. The summed E-state index contributed by atoms with van der Waals surface area (Å²) in [5, 5.41) is 0. The normalized spacial score (nSPS) is 10.8. The Morgan fingerprint density at radius 3 is 2.60 bits per heavy atom. The predicted octanol–water partition coefficient (Wildman–Crippen LogP) is 3.05. The van der Waals surface area contributed by atoms with Crippen molar-refractivity contribution >= 4 is 5.69 Å². The number of methoxy groups -OCH3 is 1. The van der Waals surface area contributed by atoms with Crippen molar-refractivity contribution in [1.82, 2.24) is 4.90 Å². The summed E-state index contributed by atoms with van der Waals surface area (Å²) in [6, 6.07) is 12.3. The highest BCUT2D eigenvalue weighted by molar-refractivity contribution is 5.51. The molecule has 0 heterocycles. The summed E-state index contributed by atoms with van der Waals surface area (Å²) < 4.78 is 18.3. The van der Waals surface area contributed by atoms with Crippen molar-refractivity contribution in [3.8, 4) is 5.75 Å². The van der Waals surface area contributed by atoms with Crippen LogP contribution < -0.4 is 10.5 Å². The smallest absolute Gasteiger partial charge is 0.123 e. The molecule has 2 N–H and O–H groups in total. The summed E-state index contributed by atoms with van der Waals surface area (Å²) in [5.41, 5.74) is 8.68. The van der Waals surface area contributed by atoms with E-state index in [4.69, 9.17) is 10.5 Å². The largest absolute Gasteiger partial charge is 0.497 e. The Morgan fingerprint density at radius 1 is 1.15 bits per heavy atom. The van der Waals surface area contributed by atoms with Crippen LogP contribution in [0.3, 0.4) is 0 Å². The fourth-order valence-electron chi connectivity index (χ4n) is 2.14. The van der Waals surface area contributed by atoms with E-state index >= 15 is 0 Å². The van der Waals surface area contributed by atoms with Gasteiger partial charge in [0, 0.05) is 24.8 Å². The first-order valence-corrected chi connectivity index (χ1v) is 6.44. The van der Waals surface area contributed by atoms with Crippen molar-refractivity contribution in [2.75, 3.05) is 19.9 Å². The number of hydrogen-bond acceptors (Lipinski definition) is 3. The first-order valence-electron chi connectivity index (χ1n) is 6.44. The second-order valence-electron chi connectivity index (χ2n) is 4.87. The van der Waals surface area contributed by atoms with Crippen LogP contribution in [0.25, 0.3) is 0 Å². The molecule has 0 unspecified atom stereocenters. The van der Waals surface area contributed by atoms with Gasteiger partial charge in [-0.05, 0) is 36.4 Å². The van der Waals surface area contributed by atoms with E-state index in [1.165, 1.54) is 6.07 Å². The molecule has 20 heavy (non-hydrogen) atoms. The van der Waals surface area contributed by atoms with Crippen molar-refractivity contribution in [3.05, 3.63) is 59.4 Å². The van der Waals surface area contributed by atoms with E-state index in [1.54, 1.807) is 19.2 Å². The molecule has 0 spiro atoms. The average molecular weight is 274 g/mol. The predicted molar refractivity (Wildman–Crippen MR) is 79.0 cm³/mol. The SMILES string of the molecule is COc1ccc(CN(C)Cc2cccc(F)c2)c(N)c1. The fourth-order valence-corrected chi connectivity index (χ4v) is 2.14. The highest BCUT2D eigenvalue weighted by Crippen LogP contribution is 2.21. The van der Waals surface area contributed by atoms with Gasteiger partial charge in [-0.2, -0.15) is 0 Å². The maximum absolute atomic E-state index is 13.1. The molecule has 0 aliphatic rings. The maximum atomic E-state index is 13.1. The first kappa shape index (κ1) is 14.3. The van der Waals surface area contributed by atoms with Gasteiger partial charge in [0.25, 0.3) is 0 Å². The highest BCUT2D eigenvalue weighted by Gasteiger charge is 2.06. The van der Waals surface area contributed by atoms with Crippen molar-refractivity contribution in [2.24, 2.45) is 0 Å². The first-order chi connectivity index (χ1) is 9.58. The zero-order valence-corrected chi connectivity index (χ0v) is 11.8. The Bertz CT molecular complexity index is 586.